The zero-order valence-electron chi connectivity index (χ0n) is 21.4. The summed E-state index contributed by atoms with van der Waals surface area (Å²) in [5.74, 6) is 1.04. The van der Waals surface area contributed by atoms with Gasteiger partial charge in [-0.25, -0.2) is 4.98 Å². The highest BCUT2D eigenvalue weighted by atomic mass is 79.9. The predicted molar refractivity (Wildman–Crippen MR) is 149 cm³/mol. The molecule has 10 nitrogen and oxygen atoms in total. The molecule has 1 amide bonds. The number of aliphatic hydroxyl groups is 2. The predicted octanol–water partition coefficient (Wildman–Crippen LogP) is 3.53. The van der Waals surface area contributed by atoms with Crippen LogP contribution in [-0.2, 0) is 11.4 Å². The van der Waals surface area contributed by atoms with E-state index in [1.165, 1.54) is 0 Å². The molecule has 0 unspecified atom stereocenters. The van der Waals surface area contributed by atoms with Crippen LogP contribution in [0.15, 0.2) is 47.2 Å². The lowest BCUT2D eigenvalue weighted by atomic mass is 9.87. The van der Waals surface area contributed by atoms with E-state index in [1.54, 1.807) is 24.0 Å². The Morgan fingerprint density at radius 3 is 2.51 bits per heavy atom. The number of aromatic nitrogens is 4. The van der Waals surface area contributed by atoms with Gasteiger partial charge in [0.2, 0.25) is 5.91 Å². The zero-order valence-corrected chi connectivity index (χ0v) is 23.0. The molecule has 0 radical (unpaired) electrons. The summed E-state index contributed by atoms with van der Waals surface area (Å²) in [5.41, 5.74) is 12.0. The van der Waals surface area contributed by atoms with Crippen LogP contribution in [-0.4, -0.2) is 66.4 Å². The van der Waals surface area contributed by atoms with Crippen LogP contribution in [0.25, 0.3) is 28.0 Å². The van der Waals surface area contributed by atoms with Gasteiger partial charge in [-0.2, -0.15) is 9.61 Å². The number of hydrogen-bond acceptors (Lipinski definition) is 8. The van der Waals surface area contributed by atoms with Crippen LogP contribution in [0.5, 0.6) is 5.75 Å². The smallest absolute Gasteiger partial charge is 0.248 e. The van der Waals surface area contributed by atoms with Gasteiger partial charge < -0.3 is 25.6 Å². The Kier molecular flexibility index (Phi) is 6.74. The van der Waals surface area contributed by atoms with E-state index in [9.17, 15) is 15.0 Å². The third-order valence-electron chi connectivity index (χ3n) is 8.01. The van der Waals surface area contributed by atoms with Crippen molar-refractivity contribution in [2.45, 2.75) is 50.3 Å². The normalized spacial score (nSPS) is 20.5. The van der Waals surface area contributed by atoms with Gasteiger partial charge in [-0.1, -0.05) is 6.07 Å². The van der Waals surface area contributed by atoms with Crippen LogP contribution in [0.3, 0.4) is 0 Å². The van der Waals surface area contributed by atoms with E-state index in [2.05, 4.69) is 26.0 Å². The monoisotopic (exact) mass is 592 g/mol. The number of carbonyl (C=O) groups excluding carboxylic acids is 1. The minimum Gasteiger partial charge on any atom is -0.496 e. The lowest BCUT2D eigenvalue weighted by molar-refractivity contribution is -0.138. The number of rotatable bonds is 6. The highest BCUT2D eigenvalue weighted by Gasteiger charge is 2.44. The number of ether oxygens (including phenoxy) is 1. The van der Waals surface area contributed by atoms with Crippen LogP contribution in [0.2, 0.25) is 0 Å². The molecule has 5 heterocycles. The van der Waals surface area contributed by atoms with Crippen molar-refractivity contribution in [2.24, 2.45) is 0 Å². The van der Waals surface area contributed by atoms with Crippen molar-refractivity contribution in [3.05, 3.63) is 58.5 Å². The molecule has 2 fully saturated rings. The summed E-state index contributed by atoms with van der Waals surface area (Å²) >= 11 is 3.67. The molecule has 4 aromatic rings. The van der Waals surface area contributed by atoms with Crippen molar-refractivity contribution >= 4 is 33.3 Å². The molecule has 2 saturated heterocycles. The highest BCUT2D eigenvalue weighted by molar-refractivity contribution is 9.10. The second kappa shape index (κ2) is 10.2. The molecule has 3 atom stereocenters. The number of carbonyl (C=O) groups is 1. The van der Waals surface area contributed by atoms with E-state index in [4.69, 9.17) is 15.5 Å². The van der Waals surface area contributed by atoms with Gasteiger partial charge in [0, 0.05) is 46.5 Å². The second-order valence-corrected chi connectivity index (χ2v) is 10.9. The lowest BCUT2D eigenvalue weighted by Crippen LogP contribution is -2.47. The molecule has 202 valence electrons. The number of hydrogen-bond donors (Lipinski definition) is 3. The van der Waals surface area contributed by atoms with E-state index < -0.39 is 6.61 Å². The Morgan fingerprint density at radius 1 is 1.13 bits per heavy atom. The number of fused-ring (bicyclic) bond motifs is 3. The van der Waals surface area contributed by atoms with Crippen molar-refractivity contribution in [3.63, 3.8) is 0 Å². The highest BCUT2D eigenvalue weighted by Crippen LogP contribution is 2.45. The average Bonchev–Trinajstić information content (AvgIpc) is 3.52. The summed E-state index contributed by atoms with van der Waals surface area (Å²) < 4.78 is 7.66. The number of nitrogens with zero attached hydrogens (tertiary/aromatic N) is 5. The number of aliphatic hydroxyl groups excluding tert-OH is 2. The zero-order chi connectivity index (χ0) is 27.3. The van der Waals surface area contributed by atoms with Gasteiger partial charge in [-0.15, -0.1) is 0 Å². The first kappa shape index (κ1) is 25.7. The number of methoxy groups -OCH3 is 1. The maximum atomic E-state index is 12.3. The van der Waals surface area contributed by atoms with Gasteiger partial charge >= 0.3 is 0 Å². The number of pyridine rings is 1. The van der Waals surface area contributed by atoms with E-state index in [1.807, 2.05) is 35.2 Å². The summed E-state index contributed by atoms with van der Waals surface area (Å²) in [6.07, 6.45) is 6.96. The van der Waals surface area contributed by atoms with Crippen molar-refractivity contribution < 1.29 is 19.7 Å². The van der Waals surface area contributed by atoms with Crippen molar-refractivity contribution in [3.8, 4) is 28.1 Å². The molecule has 2 aliphatic heterocycles. The van der Waals surface area contributed by atoms with Gasteiger partial charge in [0.25, 0.3) is 0 Å². The van der Waals surface area contributed by atoms with E-state index >= 15 is 0 Å². The van der Waals surface area contributed by atoms with Crippen molar-refractivity contribution in [2.75, 3.05) is 19.5 Å². The first-order chi connectivity index (χ1) is 18.9. The minimum atomic E-state index is -0.453. The average molecular weight is 593 g/mol. The molecule has 2 bridgehead atoms. The molecule has 0 saturated carbocycles. The summed E-state index contributed by atoms with van der Waals surface area (Å²) in [5, 5.41) is 23.6. The van der Waals surface area contributed by atoms with E-state index in [-0.39, 0.29) is 30.5 Å². The van der Waals surface area contributed by atoms with Gasteiger partial charge in [-0.05, 0) is 65.9 Å². The number of nitrogens with two attached hydrogens (primary N) is 1. The van der Waals surface area contributed by atoms with Crippen LogP contribution in [0.4, 0.5) is 5.82 Å². The number of anilines is 1. The van der Waals surface area contributed by atoms with Crippen LogP contribution in [0.1, 0.15) is 42.9 Å². The minimum absolute atomic E-state index is 0.102. The summed E-state index contributed by atoms with van der Waals surface area (Å²) in [6, 6.07) is 9.71. The third kappa shape index (κ3) is 4.34. The number of nitrogen functional groups attached to an aromatic ring is 1. The lowest BCUT2D eigenvalue weighted by Gasteiger charge is -2.38. The van der Waals surface area contributed by atoms with Crippen molar-refractivity contribution in [1.82, 2.24) is 24.5 Å². The van der Waals surface area contributed by atoms with Gasteiger partial charge in [0.15, 0.2) is 5.65 Å². The number of halogens is 1. The Morgan fingerprint density at radius 2 is 1.87 bits per heavy atom. The van der Waals surface area contributed by atoms with Gasteiger partial charge in [-0.3, -0.25) is 9.78 Å². The van der Waals surface area contributed by atoms with E-state index in [0.29, 0.717) is 22.8 Å². The topological polar surface area (TPSA) is 139 Å². The largest absolute Gasteiger partial charge is 0.496 e. The van der Waals surface area contributed by atoms with Crippen LogP contribution < -0.4 is 10.5 Å². The fourth-order valence-corrected chi connectivity index (χ4v) is 6.74. The molecule has 1 aromatic carbocycles. The molecule has 6 rings (SSSR count). The number of benzene rings is 1. The maximum absolute atomic E-state index is 12.3. The number of piperidine rings is 1. The summed E-state index contributed by atoms with van der Waals surface area (Å²) in [6.45, 7) is -0.577. The first-order valence-electron chi connectivity index (χ1n) is 12.9. The molecule has 2 aliphatic rings. The maximum Gasteiger partial charge on any atom is 0.248 e. The van der Waals surface area contributed by atoms with Crippen LogP contribution in [0, 0.1) is 0 Å². The molecule has 11 heteroatoms. The second-order valence-electron chi connectivity index (χ2n) is 10.1. The van der Waals surface area contributed by atoms with Gasteiger partial charge in [0.1, 0.15) is 18.2 Å². The fourth-order valence-electron chi connectivity index (χ4n) is 6.16. The Bertz CT molecular complexity index is 1540. The molecular weight excluding hydrogens is 564 g/mol. The third-order valence-corrected chi connectivity index (χ3v) is 8.82. The van der Waals surface area contributed by atoms with Gasteiger partial charge in [0.05, 0.1) is 35.8 Å². The summed E-state index contributed by atoms with van der Waals surface area (Å²) in [4.78, 5) is 23.9. The Labute approximate surface area is 233 Å². The number of amides is 1. The fraction of sp³-hybridized carbons (Fsp3) is 0.357. The summed E-state index contributed by atoms with van der Waals surface area (Å²) in [7, 11) is 1.58. The molecule has 3 aromatic heterocycles. The standard InChI is InChI=1S/C28H29BrN6O4/c1-39-23-7-3-15(8-18(23)13-36)22-6-2-16(11-31-22)21-12-32-35-27(30)25(29)26(33-28(21)35)17-9-19-4-5-20(10-17)34(19)24(38)14-37/h2-3,6-8,11-12,17,19-20,36-37H,4-5,9-10,13-14,30H2,1H3/t17-,19+,20-. The molecular formula is C28H29BrN6O4. The Hall–Kier alpha value is -3.54. The molecule has 39 heavy (non-hydrogen) atoms. The van der Waals surface area contributed by atoms with Crippen molar-refractivity contribution in [1.29, 1.82) is 0 Å². The SMILES string of the molecule is COc1ccc(-c2ccc(-c3cnn4c(N)c(Br)c([C@H]5C[C@H]6CC[C@@H](C5)N6C(=O)CO)nc34)cn2)cc1CO. The molecule has 0 spiro atoms. The first-order valence-corrected chi connectivity index (χ1v) is 13.7. The Balaban J connectivity index is 1.33. The van der Waals surface area contributed by atoms with Crippen LogP contribution >= 0.6 is 15.9 Å². The van der Waals surface area contributed by atoms with E-state index in [0.717, 1.165) is 58.2 Å². The molecule has 4 N–H and O–H groups in total. The molecule has 0 aliphatic carbocycles. The quantitative estimate of drug-likeness (QED) is 0.309.